The molecule has 2 heterocycles. The van der Waals surface area contributed by atoms with Gasteiger partial charge in [0.25, 0.3) is 0 Å². The fourth-order valence-electron chi connectivity index (χ4n) is 5.37. The zero-order valence-electron chi connectivity index (χ0n) is 20.0. The molecule has 0 bridgehead atoms. The number of carbonyl (C=O) groups excluding carboxylic acids is 1. The van der Waals surface area contributed by atoms with E-state index in [9.17, 15) is 4.79 Å². The van der Waals surface area contributed by atoms with Crippen molar-refractivity contribution in [3.8, 4) is 11.5 Å². The van der Waals surface area contributed by atoms with Crippen molar-refractivity contribution in [2.24, 2.45) is 5.92 Å². The third-order valence-electron chi connectivity index (χ3n) is 7.05. The first kappa shape index (κ1) is 23.6. The average Bonchev–Trinajstić information content (AvgIpc) is 3.38. The van der Waals surface area contributed by atoms with Crippen LogP contribution in [-0.2, 0) is 11.3 Å². The molecular weight excluding hydrogens is 414 g/mol. The molecule has 4 rings (SSSR count). The van der Waals surface area contributed by atoms with Gasteiger partial charge in [-0.25, -0.2) is 0 Å². The van der Waals surface area contributed by atoms with Gasteiger partial charge < -0.3 is 19.7 Å². The third kappa shape index (κ3) is 6.27. The minimum absolute atomic E-state index is 0.0579. The van der Waals surface area contributed by atoms with Gasteiger partial charge in [-0.2, -0.15) is 0 Å². The summed E-state index contributed by atoms with van der Waals surface area (Å²) in [5.41, 5.74) is 2.10. The number of rotatable bonds is 9. The van der Waals surface area contributed by atoms with Crippen LogP contribution in [0.2, 0.25) is 0 Å². The van der Waals surface area contributed by atoms with Crippen molar-refractivity contribution >= 4 is 11.6 Å². The number of piperidine rings is 1. The van der Waals surface area contributed by atoms with Gasteiger partial charge >= 0.3 is 0 Å². The van der Waals surface area contributed by atoms with Crippen LogP contribution in [0, 0.1) is 5.92 Å². The van der Waals surface area contributed by atoms with E-state index in [4.69, 9.17) is 9.47 Å². The molecule has 0 spiro atoms. The summed E-state index contributed by atoms with van der Waals surface area (Å²) in [4.78, 5) is 18.0. The molecule has 0 aliphatic carbocycles. The number of anilines is 1. The van der Waals surface area contributed by atoms with Gasteiger partial charge in [0.1, 0.15) is 0 Å². The highest BCUT2D eigenvalue weighted by molar-refractivity contribution is 5.91. The summed E-state index contributed by atoms with van der Waals surface area (Å²) >= 11 is 0. The van der Waals surface area contributed by atoms with Crippen LogP contribution in [0.4, 0.5) is 5.69 Å². The van der Waals surface area contributed by atoms with Crippen LogP contribution in [0.15, 0.2) is 48.5 Å². The molecule has 2 fully saturated rings. The monoisotopic (exact) mass is 451 g/mol. The van der Waals surface area contributed by atoms with Crippen molar-refractivity contribution in [1.29, 1.82) is 0 Å². The number of nitrogens with one attached hydrogen (secondary N) is 1. The van der Waals surface area contributed by atoms with E-state index in [2.05, 4.69) is 45.4 Å². The molecule has 2 aromatic carbocycles. The second-order valence-corrected chi connectivity index (χ2v) is 9.24. The fourth-order valence-corrected chi connectivity index (χ4v) is 5.37. The quantitative estimate of drug-likeness (QED) is 0.612. The molecule has 6 nitrogen and oxygen atoms in total. The van der Waals surface area contributed by atoms with E-state index in [0.717, 1.165) is 31.7 Å². The second kappa shape index (κ2) is 11.5. The first-order valence-corrected chi connectivity index (χ1v) is 12.2. The standard InChI is InChI=1S/C27H37N3O3/c1-32-25-12-11-23(18-26(25)33-2)28-27(31)13-10-22-20-29(19-21-8-4-3-5-9-21)17-14-24(22)30-15-6-7-16-30/h3-5,8-9,11-12,18,22,24H,6-7,10,13-17,19-20H2,1-2H3,(H,28,31)/t22-,24+/m0/s1. The van der Waals surface area contributed by atoms with Gasteiger partial charge in [-0.05, 0) is 68.9 Å². The van der Waals surface area contributed by atoms with E-state index < -0.39 is 0 Å². The summed E-state index contributed by atoms with van der Waals surface area (Å²) in [5.74, 6) is 1.84. The molecule has 2 aliphatic rings. The largest absolute Gasteiger partial charge is 0.493 e. The summed E-state index contributed by atoms with van der Waals surface area (Å²) in [6.45, 7) is 5.58. The van der Waals surface area contributed by atoms with Crippen molar-refractivity contribution in [2.75, 3.05) is 45.7 Å². The predicted octanol–water partition coefficient (Wildman–Crippen LogP) is 4.41. The molecule has 1 N–H and O–H groups in total. The Morgan fingerprint density at radius 1 is 1.00 bits per heavy atom. The Hall–Kier alpha value is -2.57. The van der Waals surface area contributed by atoms with Crippen LogP contribution in [-0.4, -0.2) is 62.1 Å². The highest BCUT2D eigenvalue weighted by Crippen LogP contribution is 2.31. The minimum Gasteiger partial charge on any atom is -0.493 e. The van der Waals surface area contributed by atoms with Crippen LogP contribution in [0.1, 0.15) is 37.7 Å². The fraction of sp³-hybridized carbons (Fsp3) is 0.519. The number of ether oxygens (including phenoxy) is 2. The van der Waals surface area contributed by atoms with Gasteiger partial charge in [0.15, 0.2) is 11.5 Å². The lowest BCUT2D eigenvalue weighted by Gasteiger charge is -2.43. The van der Waals surface area contributed by atoms with Crippen LogP contribution >= 0.6 is 0 Å². The number of methoxy groups -OCH3 is 2. The van der Waals surface area contributed by atoms with Crippen LogP contribution in [0.25, 0.3) is 0 Å². The van der Waals surface area contributed by atoms with Gasteiger partial charge in [-0.15, -0.1) is 0 Å². The first-order chi connectivity index (χ1) is 16.2. The van der Waals surface area contributed by atoms with Crippen LogP contribution in [0.3, 0.4) is 0 Å². The van der Waals surface area contributed by atoms with Crippen molar-refractivity contribution in [2.45, 2.75) is 44.7 Å². The Kier molecular flexibility index (Phi) is 8.24. The molecule has 178 valence electrons. The van der Waals surface area contributed by atoms with Crippen LogP contribution in [0.5, 0.6) is 11.5 Å². The number of likely N-dealkylation sites (tertiary alicyclic amines) is 2. The number of amides is 1. The van der Waals surface area contributed by atoms with Crippen molar-refractivity contribution in [3.05, 3.63) is 54.1 Å². The van der Waals surface area contributed by atoms with Gasteiger partial charge in [-0.3, -0.25) is 9.69 Å². The number of hydrogen-bond donors (Lipinski definition) is 1. The van der Waals surface area contributed by atoms with E-state index >= 15 is 0 Å². The molecule has 1 amide bonds. The molecule has 0 unspecified atom stereocenters. The summed E-state index contributed by atoms with van der Waals surface area (Å²) in [5, 5.41) is 3.04. The maximum atomic E-state index is 12.8. The predicted molar refractivity (Wildman–Crippen MR) is 132 cm³/mol. The highest BCUT2D eigenvalue weighted by Gasteiger charge is 2.34. The number of nitrogens with zero attached hydrogens (tertiary/aromatic N) is 2. The molecule has 2 atom stereocenters. The Labute approximate surface area is 197 Å². The molecule has 6 heteroatoms. The SMILES string of the molecule is COc1ccc(NC(=O)CC[C@H]2CN(Cc3ccccc3)CC[C@H]2N2CCCC2)cc1OC. The minimum atomic E-state index is 0.0579. The Morgan fingerprint density at radius 2 is 1.76 bits per heavy atom. The van der Waals surface area contributed by atoms with Gasteiger partial charge in [-0.1, -0.05) is 30.3 Å². The zero-order chi connectivity index (χ0) is 23.0. The van der Waals surface area contributed by atoms with Gasteiger partial charge in [0, 0.05) is 37.3 Å². The lowest BCUT2D eigenvalue weighted by Crippen LogP contribution is -2.50. The number of hydrogen-bond acceptors (Lipinski definition) is 5. The van der Waals surface area contributed by atoms with Gasteiger partial charge in [0.2, 0.25) is 5.91 Å². The maximum Gasteiger partial charge on any atom is 0.224 e. The van der Waals surface area contributed by atoms with Crippen molar-refractivity contribution in [3.63, 3.8) is 0 Å². The molecule has 2 saturated heterocycles. The van der Waals surface area contributed by atoms with E-state index in [0.29, 0.717) is 29.9 Å². The Balaban J connectivity index is 1.36. The topological polar surface area (TPSA) is 54.0 Å². The highest BCUT2D eigenvalue weighted by atomic mass is 16.5. The van der Waals surface area contributed by atoms with E-state index in [1.165, 1.54) is 37.9 Å². The van der Waals surface area contributed by atoms with E-state index in [1.54, 1.807) is 14.2 Å². The molecule has 2 aliphatic heterocycles. The number of carbonyl (C=O) groups is 1. The molecule has 2 aromatic rings. The molecule has 33 heavy (non-hydrogen) atoms. The normalized spacial score (nSPS) is 21.6. The summed E-state index contributed by atoms with van der Waals surface area (Å²) < 4.78 is 10.6. The molecule has 0 radical (unpaired) electrons. The van der Waals surface area contributed by atoms with Gasteiger partial charge in [0.05, 0.1) is 14.2 Å². The number of benzene rings is 2. The van der Waals surface area contributed by atoms with E-state index in [1.807, 2.05) is 18.2 Å². The van der Waals surface area contributed by atoms with E-state index in [-0.39, 0.29) is 5.91 Å². The smallest absolute Gasteiger partial charge is 0.224 e. The van der Waals surface area contributed by atoms with Crippen molar-refractivity contribution in [1.82, 2.24) is 9.80 Å². The summed E-state index contributed by atoms with van der Waals surface area (Å²) in [6, 6.07) is 16.8. The third-order valence-corrected chi connectivity index (χ3v) is 7.05. The second-order valence-electron chi connectivity index (χ2n) is 9.24. The average molecular weight is 452 g/mol. The molecular formula is C27H37N3O3. The lowest BCUT2D eigenvalue weighted by molar-refractivity contribution is -0.116. The van der Waals surface area contributed by atoms with Crippen LogP contribution < -0.4 is 14.8 Å². The summed E-state index contributed by atoms with van der Waals surface area (Å²) in [6.07, 6.45) is 5.23. The maximum absolute atomic E-state index is 12.8. The lowest BCUT2D eigenvalue weighted by atomic mass is 9.86. The first-order valence-electron chi connectivity index (χ1n) is 12.2. The Bertz CT molecular complexity index is 899. The molecule has 0 aromatic heterocycles. The van der Waals surface area contributed by atoms with Crippen molar-refractivity contribution < 1.29 is 14.3 Å². The molecule has 0 saturated carbocycles. The summed E-state index contributed by atoms with van der Waals surface area (Å²) in [7, 11) is 3.21. The zero-order valence-corrected chi connectivity index (χ0v) is 20.0. The Morgan fingerprint density at radius 3 is 2.48 bits per heavy atom.